The van der Waals surface area contributed by atoms with Crippen molar-refractivity contribution in [2.24, 2.45) is 5.92 Å². The van der Waals surface area contributed by atoms with Gasteiger partial charge in [-0.15, -0.1) is 0 Å². The second kappa shape index (κ2) is 7.23. The van der Waals surface area contributed by atoms with Gasteiger partial charge in [0, 0.05) is 0 Å². The molecular weight excluding hydrogens is 345 g/mol. The van der Waals surface area contributed by atoms with Gasteiger partial charge in [-0.3, -0.25) is 0 Å². The monoisotopic (exact) mass is 367 g/mol. The molecule has 1 aliphatic rings. The van der Waals surface area contributed by atoms with E-state index in [4.69, 9.17) is 4.74 Å². The van der Waals surface area contributed by atoms with Gasteiger partial charge in [-0.2, -0.15) is 0 Å². The molecule has 2 rings (SSSR count). The van der Waals surface area contributed by atoms with Crippen LogP contribution in [-0.4, -0.2) is 48.4 Å². The molecule has 0 spiro atoms. The summed E-state index contributed by atoms with van der Waals surface area (Å²) in [4.78, 5) is 14.3. The molecule has 0 aliphatic carbocycles. The molecule has 5 heteroatoms. The number of hydrogen-bond donors (Lipinski definition) is 1. The van der Waals surface area contributed by atoms with Gasteiger partial charge >= 0.3 is 139 Å². The Hall–Kier alpha value is -1.42. The van der Waals surface area contributed by atoms with Crippen LogP contribution in [0.15, 0.2) is 42.5 Å². The van der Waals surface area contributed by atoms with E-state index in [0.717, 1.165) is 5.56 Å². The van der Waals surface area contributed by atoms with Gasteiger partial charge in [-0.05, 0) is 0 Å². The van der Waals surface area contributed by atoms with Crippen molar-refractivity contribution < 1.29 is 14.6 Å². The number of aliphatic hydroxyl groups is 1. The second-order valence-electron chi connectivity index (χ2n) is 5.47. The molecule has 1 aliphatic heterocycles. The zero-order valence-corrected chi connectivity index (χ0v) is 14.7. The first-order valence-corrected chi connectivity index (χ1v) is 8.22. The van der Waals surface area contributed by atoms with E-state index in [1.54, 1.807) is 24.0 Å². The molecule has 4 nitrogen and oxygen atoms in total. The molecular formula is C17H21NO3Se. The number of hydrogen-bond acceptors (Lipinski definition) is 3. The second-order valence-corrected chi connectivity index (χ2v) is 6.20. The minimum absolute atomic E-state index is 0.133. The number of nitrogens with zero attached hydrogens (tertiary/aromatic N) is 1. The Kier molecular flexibility index (Phi) is 5.57. The molecule has 1 amide bonds. The molecule has 0 saturated carbocycles. The quantitative estimate of drug-likeness (QED) is 0.653. The van der Waals surface area contributed by atoms with Crippen molar-refractivity contribution in [2.45, 2.75) is 39.0 Å². The van der Waals surface area contributed by atoms with Gasteiger partial charge in [0.1, 0.15) is 0 Å². The van der Waals surface area contributed by atoms with Crippen molar-refractivity contribution in [3.8, 4) is 0 Å². The van der Waals surface area contributed by atoms with Crippen molar-refractivity contribution in [1.82, 2.24) is 4.90 Å². The minimum atomic E-state index is -0.798. The van der Waals surface area contributed by atoms with E-state index in [0.29, 0.717) is 4.73 Å². The summed E-state index contributed by atoms with van der Waals surface area (Å²) in [6.45, 7) is 5.50. The third kappa shape index (κ3) is 3.32. The molecule has 0 radical (unpaired) electrons. The number of benzene rings is 1. The van der Waals surface area contributed by atoms with E-state index in [-0.39, 0.29) is 18.1 Å². The zero-order chi connectivity index (χ0) is 16.3. The Morgan fingerprint density at radius 1 is 1.41 bits per heavy atom. The number of carbonyl (C=O) groups is 1. The first-order valence-electron chi connectivity index (χ1n) is 7.37. The van der Waals surface area contributed by atoms with Crippen molar-refractivity contribution in [2.75, 3.05) is 0 Å². The van der Waals surface area contributed by atoms with Crippen LogP contribution in [-0.2, 0) is 9.53 Å². The summed E-state index contributed by atoms with van der Waals surface area (Å²) in [5, 5.41) is 10.0. The van der Waals surface area contributed by atoms with E-state index in [9.17, 15) is 9.90 Å². The van der Waals surface area contributed by atoms with Gasteiger partial charge in [0.05, 0.1) is 0 Å². The van der Waals surface area contributed by atoms with Crippen LogP contribution in [0.3, 0.4) is 0 Å². The van der Waals surface area contributed by atoms with E-state index >= 15 is 0 Å². The van der Waals surface area contributed by atoms with E-state index in [2.05, 4.69) is 15.6 Å². The summed E-state index contributed by atoms with van der Waals surface area (Å²) in [6, 6.07) is 9.69. The fourth-order valence-corrected chi connectivity index (χ4v) is 3.33. The number of ether oxygens (including phenoxy) is 1. The average Bonchev–Trinajstić information content (AvgIpc) is 2.82. The number of amides is 1. The molecule has 1 fully saturated rings. The first kappa shape index (κ1) is 16.9. The third-order valence-corrected chi connectivity index (χ3v) is 4.54. The van der Waals surface area contributed by atoms with Gasteiger partial charge in [-0.1, -0.05) is 0 Å². The molecule has 1 aromatic carbocycles. The van der Waals surface area contributed by atoms with Gasteiger partial charge in [0.15, 0.2) is 0 Å². The maximum absolute atomic E-state index is 12.7. The van der Waals surface area contributed by atoms with Gasteiger partial charge < -0.3 is 0 Å². The topological polar surface area (TPSA) is 49.8 Å². The summed E-state index contributed by atoms with van der Waals surface area (Å²) in [5.41, 5.74) is 1.03. The molecule has 1 heterocycles. The normalized spacial score (nSPS) is 24.4. The predicted octanol–water partition coefficient (Wildman–Crippen LogP) is 1.80. The Morgan fingerprint density at radius 3 is 2.64 bits per heavy atom. The molecule has 1 N–H and O–H groups in total. The summed E-state index contributed by atoms with van der Waals surface area (Å²) in [6.07, 6.45) is 2.37. The van der Waals surface area contributed by atoms with E-state index in [1.807, 2.05) is 44.2 Å². The first-order chi connectivity index (χ1) is 10.5. The Bertz CT molecular complexity index is 573. The molecule has 22 heavy (non-hydrogen) atoms. The average molecular weight is 366 g/mol. The van der Waals surface area contributed by atoms with Crippen LogP contribution in [0, 0.1) is 5.92 Å². The van der Waals surface area contributed by atoms with Crippen LogP contribution in [0.5, 0.6) is 0 Å². The van der Waals surface area contributed by atoms with Gasteiger partial charge in [0.2, 0.25) is 0 Å². The van der Waals surface area contributed by atoms with E-state index in [1.165, 1.54) is 0 Å². The van der Waals surface area contributed by atoms with Crippen LogP contribution >= 0.6 is 0 Å². The standard InChI is InChI=1S/C17H21NO3Se/c1-4-8-14(19)11(2)16(20)18-12(3)15(21-17(18)22)13-9-6-5-7-10-13/h4-12,14-15,19H,1-3H3/b8-4+/t11-,12+,14+,15+/m1/s1. The number of aliphatic hydroxyl groups excluding tert-OH is 1. The number of rotatable bonds is 4. The van der Waals surface area contributed by atoms with Crippen LogP contribution in [0.25, 0.3) is 0 Å². The van der Waals surface area contributed by atoms with Gasteiger partial charge in [0.25, 0.3) is 0 Å². The Morgan fingerprint density at radius 2 is 2.05 bits per heavy atom. The summed E-state index contributed by atoms with van der Waals surface area (Å²) in [7, 11) is 0. The number of allylic oxidation sites excluding steroid dienone is 1. The molecule has 118 valence electrons. The van der Waals surface area contributed by atoms with Crippen molar-refractivity contribution in [3.63, 3.8) is 0 Å². The third-order valence-electron chi connectivity index (χ3n) is 3.93. The zero-order valence-electron chi connectivity index (χ0n) is 13.0. The summed E-state index contributed by atoms with van der Waals surface area (Å²) >= 11 is 2.83. The van der Waals surface area contributed by atoms with Gasteiger partial charge in [-0.25, -0.2) is 0 Å². The van der Waals surface area contributed by atoms with Crippen molar-refractivity contribution in [3.05, 3.63) is 48.0 Å². The predicted molar refractivity (Wildman–Crippen MR) is 87.3 cm³/mol. The Labute approximate surface area is 139 Å². The number of carbonyl (C=O) groups excluding carboxylic acids is 1. The van der Waals surface area contributed by atoms with Crippen LogP contribution in [0.1, 0.15) is 32.4 Å². The fourth-order valence-electron chi connectivity index (χ4n) is 2.57. The molecule has 1 aromatic rings. The molecule has 4 atom stereocenters. The SMILES string of the molecule is C/C=C/[C@H](O)[C@@H](C)C(=O)N1C(=[Se])O[C@H](c2ccccc2)[C@@H]1C. The van der Waals surface area contributed by atoms with Crippen LogP contribution in [0.2, 0.25) is 0 Å². The van der Waals surface area contributed by atoms with Crippen molar-refractivity contribution in [1.29, 1.82) is 0 Å². The molecule has 1 saturated heterocycles. The van der Waals surface area contributed by atoms with Crippen molar-refractivity contribution >= 4 is 26.2 Å². The van der Waals surface area contributed by atoms with Crippen LogP contribution in [0.4, 0.5) is 0 Å². The fraction of sp³-hybridized carbons (Fsp3) is 0.412. The molecule has 0 bridgehead atoms. The summed E-state index contributed by atoms with van der Waals surface area (Å²) < 4.78 is 6.31. The Balaban J connectivity index is 2.18. The summed E-state index contributed by atoms with van der Waals surface area (Å²) in [5.74, 6) is -0.676. The van der Waals surface area contributed by atoms with E-state index < -0.39 is 12.0 Å². The maximum atomic E-state index is 12.7. The van der Waals surface area contributed by atoms with Crippen LogP contribution < -0.4 is 0 Å². The molecule has 0 aromatic heterocycles. The molecule has 0 unspecified atom stereocenters.